The maximum atomic E-state index is 13.6. The summed E-state index contributed by atoms with van der Waals surface area (Å²) < 4.78 is 6.33. The monoisotopic (exact) mass is 560 g/mol. The summed E-state index contributed by atoms with van der Waals surface area (Å²) in [7, 11) is 0. The van der Waals surface area contributed by atoms with Gasteiger partial charge in [0, 0.05) is 81.9 Å². The molecule has 4 fully saturated rings. The van der Waals surface area contributed by atoms with Crippen molar-refractivity contribution < 1.29 is 14.3 Å². The summed E-state index contributed by atoms with van der Waals surface area (Å²) in [5.74, 6) is 1.13. The van der Waals surface area contributed by atoms with Crippen molar-refractivity contribution in [2.24, 2.45) is 0 Å². The quantitative estimate of drug-likeness (QED) is 0.561. The molecule has 9 heteroatoms. The van der Waals surface area contributed by atoms with E-state index in [1.807, 2.05) is 28.0 Å². The second kappa shape index (κ2) is 12.8. The lowest BCUT2D eigenvalue weighted by Gasteiger charge is -2.35. The van der Waals surface area contributed by atoms with E-state index >= 15 is 0 Å². The molecular formula is C32H44N6O3. The summed E-state index contributed by atoms with van der Waals surface area (Å²) in [6.07, 6.45) is 8.74. The van der Waals surface area contributed by atoms with Crippen LogP contribution in [-0.2, 0) is 0 Å². The van der Waals surface area contributed by atoms with Gasteiger partial charge >= 0.3 is 0 Å². The second-order valence-corrected chi connectivity index (χ2v) is 12.1. The maximum absolute atomic E-state index is 13.6. The number of hydrogen-bond donors (Lipinski definition) is 2. The average Bonchev–Trinajstić information content (AvgIpc) is 3.54. The third kappa shape index (κ3) is 6.51. The van der Waals surface area contributed by atoms with E-state index in [4.69, 9.17) is 9.72 Å². The van der Waals surface area contributed by atoms with Crippen molar-refractivity contribution in [3.63, 3.8) is 0 Å². The lowest BCUT2D eigenvalue weighted by atomic mass is 9.84. The fourth-order valence-electron chi connectivity index (χ4n) is 6.75. The Morgan fingerprint density at radius 1 is 0.805 bits per heavy atom. The summed E-state index contributed by atoms with van der Waals surface area (Å²) in [6, 6.07) is 8.22. The molecule has 1 aliphatic carbocycles. The van der Waals surface area contributed by atoms with Crippen LogP contribution in [0.5, 0.6) is 5.88 Å². The molecule has 220 valence electrons. The van der Waals surface area contributed by atoms with E-state index < -0.39 is 0 Å². The minimum atomic E-state index is -0.00714. The Hall–Kier alpha value is -3.17. The van der Waals surface area contributed by atoms with Crippen molar-refractivity contribution in [2.75, 3.05) is 70.3 Å². The molecule has 2 amide bonds. The minimum Gasteiger partial charge on any atom is -0.473 e. The molecule has 6 rings (SSSR count). The number of carbonyl (C=O) groups is 2. The van der Waals surface area contributed by atoms with E-state index in [0.29, 0.717) is 43.5 Å². The zero-order valence-corrected chi connectivity index (χ0v) is 24.4. The van der Waals surface area contributed by atoms with Gasteiger partial charge in [-0.2, -0.15) is 0 Å². The Labute approximate surface area is 243 Å². The van der Waals surface area contributed by atoms with Crippen LogP contribution in [0.4, 0.5) is 5.69 Å². The third-order valence-electron chi connectivity index (χ3n) is 9.11. The van der Waals surface area contributed by atoms with Crippen LogP contribution in [0.2, 0.25) is 0 Å². The van der Waals surface area contributed by atoms with Crippen LogP contribution in [0, 0.1) is 6.92 Å². The lowest BCUT2D eigenvalue weighted by molar-refractivity contribution is 0.0535. The first-order valence-corrected chi connectivity index (χ1v) is 15.6. The number of benzene rings is 1. The van der Waals surface area contributed by atoms with Crippen LogP contribution in [-0.4, -0.2) is 98.1 Å². The second-order valence-electron chi connectivity index (χ2n) is 12.1. The summed E-state index contributed by atoms with van der Waals surface area (Å²) in [4.78, 5) is 37.9. The zero-order chi connectivity index (χ0) is 28.2. The number of hydrogen-bond acceptors (Lipinski definition) is 7. The minimum absolute atomic E-state index is 0.00714. The van der Waals surface area contributed by atoms with E-state index in [2.05, 4.69) is 28.5 Å². The number of carbonyl (C=O) groups excluding carboxylic acids is 2. The zero-order valence-electron chi connectivity index (χ0n) is 24.4. The SMILES string of the molecule is Cc1cc(C(=O)N2CCN(C(=O)c3cnc(O[C@H]4CCNC4)c(C4CCCCC4)c3)CC2)cc(N2CCNCC2)c1. The van der Waals surface area contributed by atoms with Crippen LogP contribution in [0.1, 0.15) is 76.3 Å². The Morgan fingerprint density at radius 3 is 2.20 bits per heavy atom. The highest BCUT2D eigenvalue weighted by atomic mass is 16.5. The van der Waals surface area contributed by atoms with Gasteiger partial charge in [-0.25, -0.2) is 4.98 Å². The summed E-state index contributed by atoms with van der Waals surface area (Å²) in [5.41, 5.74) is 4.66. The van der Waals surface area contributed by atoms with Crippen LogP contribution < -0.4 is 20.3 Å². The number of piperazine rings is 2. The molecule has 1 atom stereocenters. The molecule has 0 spiro atoms. The number of anilines is 1. The Balaban J connectivity index is 1.12. The maximum Gasteiger partial charge on any atom is 0.255 e. The van der Waals surface area contributed by atoms with E-state index in [1.54, 1.807) is 6.20 Å². The summed E-state index contributed by atoms with van der Waals surface area (Å²) in [6.45, 7) is 9.76. The number of aromatic nitrogens is 1. The normalized spacial score (nSPS) is 22.2. The molecule has 0 unspecified atom stereocenters. The Bertz CT molecular complexity index is 1230. The smallest absolute Gasteiger partial charge is 0.255 e. The van der Waals surface area contributed by atoms with Crippen LogP contribution in [0.25, 0.3) is 0 Å². The van der Waals surface area contributed by atoms with E-state index in [9.17, 15) is 9.59 Å². The van der Waals surface area contributed by atoms with Gasteiger partial charge in [-0.15, -0.1) is 0 Å². The van der Waals surface area contributed by atoms with Crippen molar-refractivity contribution in [1.82, 2.24) is 25.4 Å². The fraction of sp³-hybridized carbons (Fsp3) is 0.594. The summed E-state index contributed by atoms with van der Waals surface area (Å²) >= 11 is 0. The molecule has 1 aromatic heterocycles. The highest BCUT2D eigenvalue weighted by molar-refractivity contribution is 5.96. The van der Waals surface area contributed by atoms with Gasteiger partial charge in [0.05, 0.1) is 5.56 Å². The first-order valence-electron chi connectivity index (χ1n) is 15.6. The van der Waals surface area contributed by atoms with Crippen LogP contribution in [0.3, 0.4) is 0 Å². The summed E-state index contributed by atoms with van der Waals surface area (Å²) in [5, 5.41) is 6.75. The number of nitrogens with zero attached hydrogens (tertiary/aromatic N) is 4. The number of pyridine rings is 1. The van der Waals surface area contributed by atoms with Crippen LogP contribution in [0.15, 0.2) is 30.5 Å². The van der Waals surface area contributed by atoms with E-state index in [0.717, 1.165) is 80.9 Å². The molecule has 1 saturated carbocycles. The van der Waals surface area contributed by atoms with Gasteiger partial charge in [0.25, 0.3) is 11.8 Å². The molecule has 3 saturated heterocycles. The Morgan fingerprint density at radius 2 is 1.51 bits per heavy atom. The van der Waals surface area contributed by atoms with Crippen molar-refractivity contribution in [3.05, 3.63) is 52.7 Å². The first-order chi connectivity index (χ1) is 20.0. The molecule has 2 aromatic rings. The van der Waals surface area contributed by atoms with Gasteiger partial charge in [-0.1, -0.05) is 19.3 Å². The van der Waals surface area contributed by atoms with Gasteiger partial charge in [-0.05, 0) is 68.5 Å². The molecule has 9 nitrogen and oxygen atoms in total. The van der Waals surface area contributed by atoms with E-state index in [1.165, 1.54) is 19.3 Å². The molecular weight excluding hydrogens is 516 g/mol. The molecule has 0 bridgehead atoms. The fourth-order valence-corrected chi connectivity index (χ4v) is 6.75. The topological polar surface area (TPSA) is 90.0 Å². The highest BCUT2D eigenvalue weighted by Crippen LogP contribution is 2.37. The third-order valence-corrected chi connectivity index (χ3v) is 9.11. The number of nitrogens with one attached hydrogen (secondary N) is 2. The number of ether oxygens (including phenoxy) is 1. The molecule has 1 aromatic carbocycles. The van der Waals surface area contributed by atoms with Gasteiger partial charge < -0.3 is 30.1 Å². The largest absolute Gasteiger partial charge is 0.473 e. The highest BCUT2D eigenvalue weighted by Gasteiger charge is 2.29. The molecule has 0 radical (unpaired) electrons. The average molecular weight is 561 g/mol. The van der Waals surface area contributed by atoms with Crippen LogP contribution >= 0.6 is 0 Å². The van der Waals surface area contributed by atoms with Gasteiger partial charge in [0.2, 0.25) is 5.88 Å². The van der Waals surface area contributed by atoms with Crippen molar-refractivity contribution in [1.29, 1.82) is 0 Å². The molecule has 4 heterocycles. The number of rotatable bonds is 6. The van der Waals surface area contributed by atoms with Crippen molar-refractivity contribution >= 4 is 17.5 Å². The van der Waals surface area contributed by atoms with Gasteiger partial charge in [-0.3, -0.25) is 9.59 Å². The number of aryl methyl sites for hydroxylation is 1. The lowest BCUT2D eigenvalue weighted by Crippen LogP contribution is -2.50. The molecule has 4 aliphatic rings. The van der Waals surface area contributed by atoms with Crippen molar-refractivity contribution in [2.45, 2.75) is 57.5 Å². The molecule has 3 aliphatic heterocycles. The molecule has 2 N–H and O–H groups in total. The van der Waals surface area contributed by atoms with Gasteiger partial charge in [0.1, 0.15) is 6.10 Å². The van der Waals surface area contributed by atoms with E-state index in [-0.39, 0.29) is 17.9 Å². The standard InChI is InChI=1S/C32H44N6O3/c1-23-17-25(19-27(18-23)36-11-9-33-10-12-36)31(39)37-13-15-38(16-14-37)32(40)26-20-29(24-5-3-2-4-6-24)30(35-21-26)41-28-7-8-34-22-28/h17-21,24,28,33-34H,2-16,22H2,1H3/t28-/m0/s1. The van der Waals surface area contributed by atoms with Gasteiger partial charge in [0.15, 0.2) is 0 Å². The first kappa shape index (κ1) is 28.0. The Kier molecular flexibility index (Phi) is 8.72. The predicted molar refractivity (Wildman–Crippen MR) is 160 cm³/mol. The molecule has 41 heavy (non-hydrogen) atoms. The number of amides is 2. The predicted octanol–water partition coefficient (Wildman–Crippen LogP) is 3.19. The van der Waals surface area contributed by atoms with Crippen molar-refractivity contribution in [3.8, 4) is 5.88 Å².